The Morgan fingerprint density at radius 1 is 1.17 bits per heavy atom. The van der Waals surface area contributed by atoms with E-state index in [2.05, 4.69) is 5.32 Å². The number of methoxy groups -OCH3 is 1. The minimum Gasteiger partial charge on any atom is -0.380 e. The van der Waals surface area contributed by atoms with Gasteiger partial charge in [-0.1, -0.05) is 12.1 Å². The van der Waals surface area contributed by atoms with Gasteiger partial charge in [-0.25, -0.2) is 0 Å². The molecule has 0 fully saturated rings. The number of amides is 1. The number of carbonyl (C=O) groups excluding carboxylic acids is 2. The zero-order valence-electron chi connectivity index (χ0n) is 13.6. The number of rotatable bonds is 7. The van der Waals surface area contributed by atoms with Gasteiger partial charge in [0.15, 0.2) is 5.78 Å². The molecule has 1 amide bonds. The summed E-state index contributed by atoms with van der Waals surface area (Å²) < 4.78 is 5.07. The highest BCUT2D eigenvalue weighted by molar-refractivity contribution is 7.12. The molecule has 23 heavy (non-hydrogen) atoms. The fourth-order valence-electron chi connectivity index (χ4n) is 2.40. The molecule has 5 heteroatoms. The van der Waals surface area contributed by atoms with Gasteiger partial charge in [-0.15, -0.1) is 11.3 Å². The smallest absolute Gasteiger partial charge is 0.224 e. The van der Waals surface area contributed by atoms with Crippen molar-refractivity contribution >= 4 is 28.7 Å². The Hall–Kier alpha value is -1.98. The number of benzene rings is 1. The highest BCUT2D eigenvalue weighted by Gasteiger charge is 2.14. The van der Waals surface area contributed by atoms with Gasteiger partial charge in [-0.3, -0.25) is 9.59 Å². The number of aryl methyl sites for hydroxylation is 2. The van der Waals surface area contributed by atoms with Gasteiger partial charge in [0.25, 0.3) is 0 Å². The van der Waals surface area contributed by atoms with Crippen molar-refractivity contribution in [3.8, 4) is 0 Å². The number of hydrogen-bond donors (Lipinski definition) is 1. The minimum absolute atomic E-state index is 0.0233. The van der Waals surface area contributed by atoms with Crippen molar-refractivity contribution in [2.75, 3.05) is 12.4 Å². The highest BCUT2D eigenvalue weighted by Crippen LogP contribution is 2.22. The summed E-state index contributed by atoms with van der Waals surface area (Å²) in [5.41, 5.74) is 2.45. The Labute approximate surface area is 140 Å². The Bertz CT molecular complexity index is 706. The van der Waals surface area contributed by atoms with Crippen molar-refractivity contribution in [2.24, 2.45) is 0 Å². The summed E-state index contributed by atoms with van der Waals surface area (Å²) in [5, 5.41) is 2.82. The first-order chi connectivity index (χ1) is 11.0. The number of thiophene rings is 1. The monoisotopic (exact) mass is 331 g/mol. The van der Waals surface area contributed by atoms with Crippen LogP contribution >= 0.6 is 11.3 Å². The summed E-state index contributed by atoms with van der Waals surface area (Å²) in [6, 6.07) is 9.40. The maximum atomic E-state index is 12.2. The summed E-state index contributed by atoms with van der Waals surface area (Å²) in [6.45, 7) is 4.42. The van der Waals surface area contributed by atoms with Gasteiger partial charge in [-0.05, 0) is 37.6 Å². The van der Waals surface area contributed by atoms with Crippen molar-refractivity contribution in [1.82, 2.24) is 0 Å². The van der Waals surface area contributed by atoms with Crippen LogP contribution in [0.5, 0.6) is 0 Å². The Kier molecular flexibility index (Phi) is 6.07. The fraction of sp³-hybridized carbons (Fsp3) is 0.333. The molecule has 0 aliphatic rings. The number of nitrogens with one attached hydrogen (secondary N) is 1. The molecule has 1 aromatic heterocycles. The lowest BCUT2D eigenvalue weighted by molar-refractivity contribution is -0.116. The molecule has 0 aliphatic heterocycles. The quantitative estimate of drug-likeness (QED) is 0.777. The van der Waals surface area contributed by atoms with Crippen molar-refractivity contribution in [3.63, 3.8) is 0 Å². The molecule has 122 valence electrons. The van der Waals surface area contributed by atoms with E-state index < -0.39 is 0 Å². The van der Waals surface area contributed by atoms with Crippen LogP contribution in [0.1, 0.15) is 38.5 Å². The Morgan fingerprint density at radius 3 is 2.61 bits per heavy atom. The van der Waals surface area contributed by atoms with E-state index in [-0.39, 0.29) is 24.5 Å². The molecule has 1 heterocycles. The number of Topliss-reactive ketones (excluding diaryl/α,β-unsaturated/α-hetero) is 1. The van der Waals surface area contributed by atoms with Crippen molar-refractivity contribution in [3.05, 3.63) is 51.2 Å². The van der Waals surface area contributed by atoms with Crippen LogP contribution in [0.3, 0.4) is 0 Å². The lowest BCUT2D eigenvalue weighted by Crippen LogP contribution is -2.13. The maximum absolute atomic E-state index is 12.2. The minimum atomic E-state index is -0.155. The van der Waals surface area contributed by atoms with E-state index in [4.69, 9.17) is 4.74 Å². The normalized spacial score (nSPS) is 10.6. The Balaban J connectivity index is 1.89. The van der Waals surface area contributed by atoms with Gasteiger partial charge < -0.3 is 10.1 Å². The molecular weight excluding hydrogens is 310 g/mol. The highest BCUT2D eigenvalue weighted by atomic mass is 32.1. The first kappa shape index (κ1) is 17.4. The van der Waals surface area contributed by atoms with Crippen molar-refractivity contribution in [1.29, 1.82) is 0 Å². The van der Waals surface area contributed by atoms with Gasteiger partial charge in [0.1, 0.15) is 0 Å². The number of anilines is 1. The van der Waals surface area contributed by atoms with E-state index in [9.17, 15) is 9.59 Å². The summed E-state index contributed by atoms with van der Waals surface area (Å²) in [4.78, 5) is 26.3. The van der Waals surface area contributed by atoms with E-state index >= 15 is 0 Å². The molecule has 2 aromatic rings. The second kappa shape index (κ2) is 8.04. The van der Waals surface area contributed by atoms with E-state index in [1.807, 2.05) is 44.2 Å². The summed E-state index contributed by atoms with van der Waals surface area (Å²) in [7, 11) is 1.63. The second-order valence-corrected chi connectivity index (χ2v) is 6.89. The van der Waals surface area contributed by atoms with Gasteiger partial charge in [0.2, 0.25) is 5.91 Å². The van der Waals surface area contributed by atoms with E-state index in [0.717, 1.165) is 26.6 Å². The van der Waals surface area contributed by atoms with Crippen LogP contribution in [0.15, 0.2) is 30.3 Å². The van der Waals surface area contributed by atoms with Crippen LogP contribution in [-0.4, -0.2) is 18.8 Å². The number of ether oxygens (including phenoxy) is 1. The van der Waals surface area contributed by atoms with E-state index in [0.29, 0.717) is 6.61 Å². The third-order valence-electron chi connectivity index (χ3n) is 3.44. The second-order valence-electron chi connectivity index (χ2n) is 5.43. The van der Waals surface area contributed by atoms with Crippen LogP contribution in [0.25, 0.3) is 0 Å². The standard InChI is InChI=1S/C18H21NO3S/c1-12-9-16(13(2)23-12)17(20)7-8-18(21)19-15-6-4-5-14(10-15)11-22-3/h4-6,9-10H,7-8,11H2,1-3H3,(H,19,21). The molecule has 2 rings (SSSR count). The average Bonchev–Trinajstić information content (AvgIpc) is 2.84. The maximum Gasteiger partial charge on any atom is 0.224 e. The third kappa shape index (κ3) is 5.01. The van der Waals surface area contributed by atoms with Crippen LogP contribution in [0.4, 0.5) is 5.69 Å². The number of carbonyl (C=O) groups is 2. The van der Waals surface area contributed by atoms with E-state index in [1.165, 1.54) is 0 Å². The molecule has 0 unspecified atom stereocenters. The van der Waals surface area contributed by atoms with Crippen molar-refractivity contribution < 1.29 is 14.3 Å². The average molecular weight is 331 g/mol. The summed E-state index contributed by atoms with van der Waals surface area (Å²) in [5.74, 6) is -0.132. The number of hydrogen-bond acceptors (Lipinski definition) is 4. The van der Waals surface area contributed by atoms with Crippen molar-refractivity contribution in [2.45, 2.75) is 33.3 Å². The molecular formula is C18H21NO3S. The first-order valence-electron chi connectivity index (χ1n) is 7.47. The molecule has 4 nitrogen and oxygen atoms in total. The van der Waals surface area contributed by atoms with Crippen LogP contribution in [0, 0.1) is 13.8 Å². The van der Waals surface area contributed by atoms with Crippen LogP contribution < -0.4 is 5.32 Å². The molecule has 0 aliphatic carbocycles. The number of ketones is 1. The summed E-state index contributed by atoms with van der Waals surface area (Å²) >= 11 is 1.61. The molecule has 1 N–H and O–H groups in total. The molecule has 0 radical (unpaired) electrons. The molecule has 0 bridgehead atoms. The summed E-state index contributed by atoms with van der Waals surface area (Å²) in [6.07, 6.45) is 0.405. The zero-order valence-corrected chi connectivity index (χ0v) is 14.5. The first-order valence-corrected chi connectivity index (χ1v) is 8.29. The molecule has 0 saturated heterocycles. The Morgan fingerprint density at radius 2 is 1.96 bits per heavy atom. The van der Waals surface area contributed by atoms with Crippen LogP contribution in [-0.2, 0) is 16.1 Å². The van der Waals surface area contributed by atoms with Gasteiger partial charge in [0, 0.05) is 41.0 Å². The fourth-order valence-corrected chi connectivity index (χ4v) is 3.34. The molecule has 0 atom stereocenters. The zero-order chi connectivity index (χ0) is 16.8. The molecule has 0 saturated carbocycles. The van der Waals surface area contributed by atoms with E-state index in [1.54, 1.807) is 18.4 Å². The van der Waals surface area contributed by atoms with Gasteiger partial charge in [0.05, 0.1) is 6.61 Å². The van der Waals surface area contributed by atoms with Gasteiger partial charge in [-0.2, -0.15) is 0 Å². The third-order valence-corrected chi connectivity index (χ3v) is 4.41. The topological polar surface area (TPSA) is 55.4 Å². The van der Waals surface area contributed by atoms with Gasteiger partial charge >= 0.3 is 0 Å². The lowest BCUT2D eigenvalue weighted by Gasteiger charge is -2.07. The van der Waals surface area contributed by atoms with Crippen LogP contribution in [0.2, 0.25) is 0 Å². The predicted octanol–water partition coefficient (Wildman–Crippen LogP) is 4.11. The largest absolute Gasteiger partial charge is 0.380 e. The predicted molar refractivity (Wildman–Crippen MR) is 93.1 cm³/mol. The molecule has 1 aromatic carbocycles. The SMILES string of the molecule is COCc1cccc(NC(=O)CCC(=O)c2cc(C)sc2C)c1. The lowest BCUT2D eigenvalue weighted by atomic mass is 10.1. The molecule has 0 spiro atoms.